The van der Waals surface area contributed by atoms with E-state index in [9.17, 15) is 25.0 Å². The van der Waals surface area contributed by atoms with Crippen LogP contribution in [-0.4, -0.2) is 29.1 Å². The number of hydrogen-bond donors (Lipinski definition) is 1. The predicted octanol–water partition coefficient (Wildman–Crippen LogP) is 3.85. The Hall–Kier alpha value is -4.80. The van der Waals surface area contributed by atoms with Crippen LogP contribution in [0.4, 0.5) is 11.4 Å². The van der Waals surface area contributed by atoms with Gasteiger partial charge in [-0.3, -0.25) is 25.0 Å². The summed E-state index contributed by atoms with van der Waals surface area (Å²) in [5, 5.41) is 25.6. The highest BCUT2D eigenvalue weighted by molar-refractivity contribution is 5.98. The molecule has 0 aliphatic rings. The summed E-state index contributed by atoms with van der Waals surface area (Å²) in [4.78, 5) is 33.0. The molecule has 3 aromatic rings. The predicted molar refractivity (Wildman–Crippen MR) is 119 cm³/mol. The Labute approximate surface area is 187 Å². The molecule has 3 aromatic carbocycles. The highest BCUT2D eigenvalue weighted by Gasteiger charge is 2.17. The van der Waals surface area contributed by atoms with E-state index in [1.807, 2.05) is 0 Å². The topological polar surface area (TPSA) is 146 Å². The van der Waals surface area contributed by atoms with Gasteiger partial charge in [0.1, 0.15) is 18.1 Å². The third-order valence-electron chi connectivity index (χ3n) is 4.43. The van der Waals surface area contributed by atoms with E-state index in [-0.39, 0.29) is 29.3 Å². The molecule has 0 atom stereocenters. The molecule has 1 N–H and O–H groups in total. The quantitative estimate of drug-likeness (QED) is 0.296. The Bertz CT molecular complexity index is 1210. The number of carbonyl (C=O) groups is 1. The van der Waals surface area contributed by atoms with Gasteiger partial charge in [-0.25, -0.2) is 5.43 Å². The van der Waals surface area contributed by atoms with Crippen LogP contribution in [0, 0.1) is 20.2 Å². The molecule has 0 fully saturated rings. The van der Waals surface area contributed by atoms with Gasteiger partial charge in [0.15, 0.2) is 0 Å². The van der Waals surface area contributed by atoms with E-state index in [0.717, 1.165) is 11.6 Å². The van der Waals surface area contributed by atoms with Gasteiger partial charge >= 0.3 is 0 Å². The normalized spacial score (nSPS) is 10.6. The van der Waals surface area contributed by atoms with Crippen molar-refractivity contribution in [2.75, 3.05) is 7.11 Å². The fourth-order valence-corrected chi connectivity index (χ4v) is 2.78. The summed E-state index contributed by atoms with van der Waals surface area (Å²) in [6, 6.07) is 16.6. The standard InChI is InChI=1S/C22H18N4O7/c1-32-21-10-9-18(26(30)31)12-20(21)22(27)24-23-13-16-3-2-4-19(11-16)33-14-15-5-7-17(8-6-15)25(28)29/h2-13H,14H2,1H3,(H,24,27)/b23-13-. The fraction of sp³-hybridized carbons (Fsp3) is 0.0909. The monoisotopic (exact) mass is 450 g/mol. The van der Waals surface area contributed by atoms with Crippen LogP contribution < -0.4 is 14.9 Å². The zero-order chi connectivity index (χ0) is 23.8. The second-order valence-electron chi connectivity index (χ2n) is 6.63. The molecule has 0 aromatic heterocycles. The number of ether oxygens (including phenoxy) is 2. The first-order chi connectivity index (χ1) is 15.9. The summed E-state index contributed by atoms with van der Waals surface area (Å²) in [6.07, 6.45) is 1.39. The van der Waals surface area contributed by atoms with Gasteiger partial charge in [0.25, 0.3) is 17.3 Å². The van der Waals surface area contributed by atoms with E-state index in [1.165, 1.54) is 37.6 Å². The average molecular weight is 450 g/mol. The van der Waals surface area contributed by atoms with Crippen LogP contribution in [0.2, 0.25) is 0 Å². The summed E-state index contributed by atoms with van der Waals surface area (Å²) in [7, 11) is 1.35. The molecule has 0 unspecified atom stereocenters. The Balaban J connectivity index is 1.62. The molecule has 3 rings (SSSR count). The second kappa shape index (κ2) is 10.5. The van der Waals surface area contributed by atoms with E-state index < -0.39 is 15.8 Å². The van der Waals surface area contributed by atoms with E-state index in [4.69, 9.17) is 9.47 Å². The lowest BCUT2D eigenvalue weighted by Gasteiger charge is -2.07. The van der Waals surface area contributed by atoms with Gasteiger partial charge in [-0.05, 0) is 41.5 Å². The van der Waals surface area contributed by atoms with Crippen molar-refractivity contribution in [2.45, 2.75) is 6.61 Å². The Morgan fingerprint density at radius 2 is 1.70 bits per heavy atom. The van der Waals surface area contributed by atoms with Crippen molar-refractivity contribution in [1.82, 2.24) is 5.43 Å². The first-order valence-electron chi connectivity index (χ1n) is 9.49. The highest BCUT2D eigenvalue weighted by Crippen LogP contribution is 2.24. The number of methoxy groups -OCH3 is 1. The molecule has 0 saturated heterocycles. The molecule has 11 nitrogen and oxygen atoms in total. The molecule has 33 heavy (non-hydrogen) atoms. The number of nitrogens with zero attached hydrogens (tertiary/aromatic N) is 3. The number of hydrogen-bond acceptors (Lipinski definition) is 8. The third kappa shape index (κ3) is 6.10. The number of nitro benzene ring substituents is 2. The maximum atomic E-state index is 12.4. The van der Waals surface area contributed by atoms with Crippen LogP contribution in [0.5, 0.6) is 11.5 Å². The maximum absolute atomic E-state index is 12.4. The number of benzene rings is 3. The first-order valence-corrected chi connectivity index (χ1v) is 9.49. The zero-order valence-corrected chi connectivity index (χ0v) is 17.3. The average Bonchev–Trinajstić information content (AvgIpc) is 2.82. The molecule has 0 bridgehead atoms. The number of nitro groups is 2. The lowest BCUT2D eigenvalue weighted by molar-refractivity contribution is -0.385. The van der Waals surface area contributed by atoms with Crippen LogP contribution in [-0.2, 0) is 6.61 Å². The maximum Gasteiger partial charge on any atom is 0.275 e. The van der Waals surface area contributed by atoms with Crippen LogP contribution >= 0.6 is 0 Å². The summed E-state index contributed by atoms with van der Waals surface area (Å²) in [6.45, 7) is 0.210. The summed E-state index contributed by atoms with van der Waals surface area (Å²) >= 11 is 0. The second-order valence-corrected chi connectivity index (χ2v) is 6.63. The molecular weight excluding hydrogens is 432 g/mol. The van der Waals surface area contributed by atoms with Crippen molar-refractivity contribution < 1.29 is 24.1 Å². The Kier molecular flexibility index (Phi) is 7.27. The van der Waals surface area contributed by atoms with Crippen molar-refractivity contribution in [3.63, 3.8) is 0 Å². The van der Waals surface area contributed by atoms with E-state index in [0.29, 0.717) is 11.3 Å². The number of non-ortho nitro benzene ring substituents is 2. The molecule has 0 heterocycles. The molecule has 0 spiro atoms. The van der Waals surface area contributed by atoms with Crippen LogP contribution in [0.25, 0.3) is 0 Å². The molecule has 0 radical (unpaired) electrons. The van der Waals surface area contributed by atoms with Gasteiger partial charge in [-0.15, -0.1) is 0 Å². The van der Waals surface area contributed by atoms with E-state index >= 15 is 0 Å². The molecule has 1 amide bonds. The Morgan fingerprint density at radius 1 is 1.00 bits per heavy atom. The lowest BCUT2D eigenvalue weighted by Crippen LogP contribution is -2.18. The summed E-state index contributed by atoms with van der Waals surface area (Å²) in [5.41, 5.74) is 3.43. The van der Waals surface area contributed by atoms with Crippen LogP contribution in [0.1, 0.15) is 21.5 Å². The zero-order valence-electron chi connectivity index (χ0n) is 17.3. The largest absolute Gasteiger partial charge is 0.496 e. The van der Waals surface area contributed by atoms with Crippen molar-refractivity contribution >= 4 is 23.5 Å². The van der Waals surface area contributed by atoms with Crippen molar-refractivity contribution in [2.24, 2.45) is 5.10 Å². The lowest BCUT2D eigenvalue weighted by atomic mass is 10.1. The van der Waals surface area contributed by atoms with Crippen molar-refractivity contribution in [3.05, 3.63) is 104 Å². The fourth-order valence-electron chi connectivity index (χ4n) is 2.78. The minimum Gasteiger partial charge on any atom is -0.496 e. The van der Waals surface area contributed by atoms with Gasteiger partial charge in [-0.1, -0.05) is 12.1 Å². The molecule has 0 aliphatic heterocycles. The van der Waals surface area contributed by atoms with Crippen LogP contribution in [0.3, 0.4) is 0 Å². The van der Waals surface area contributed by atoms with Gasteiger partial charge < -0.3 is 9.47 Å². The molecule has 168 valence electrons. The van der Waals surface area contributed by atoms with E-state index in [1.54, 1.807) is 36.4 Å². The number of nitrogens with one attached hydrogen (secondary N) is 1. The molecule has 0 aliphatic carbocycles. The van der Waals surface area contributed by atoms with Gasteiger partial charge in [-0.2, -0.15) is 5.10 Å². The van der Waals surface area contributed by atoms with Crippen molar-refractivity contribution in [1.29, 1.82) is 0 Å². The number of rotatable bonds is 9. The van der Waals surface area contributed by atoms with E-state index in [2.05, 4.69) is 10.5 Å². The number of amides is 1. The minimum atomic E-state index is -0.669. The Morgan fingerprint density at radius 3 is 2.36 bits per heavy atom. The first kappa shape index (κ1) is 22.9. The summed E-state index contributed by atoms with van der Waals surface area (Å²) in [5.74, 6) is 0.0382. The third-order valence-corrected chi connectivity index (χ3v) is 4.43. The molecule has 0 saturated carbocycles. The summed E-state index contributed by atoms with van der Waals surface area (Å²) < 4.78 is 10.8. The van der Waals surface area contributed by atoms with Crippen LogP contribution in [0.15, 0.2) is 71.8 Å². The number of hydrazone groups is 1. The molecule has 11 heteroatoms. The van der Waals surface area contributed by atoms with Gasteiger partial charge in [0.2, 0.25) is 0 Å². The number of carbonyl (C=O) groups excluding carboxylic acids is 1. The SMILES string of the molecule is COc1ccc([N+](=O)[O-])cc1C(=O)N/N=C\c1cccc(OCc2ccc([N+](=O)[O-])cc2)c1. The van der Waals surface area contributed by atoms with Gasteiger partial charge in [0, 0.05) is 24.3 Å². The molecular formula is C22H18N4O7. The van der Waals surface area contributed by atoms with Gasteiger partial charge in [0.05, 0.1) is 28.7 Å². The van der Waals surface area contributed by atoms with Crippen molar-refractivity contribution in [3.8, 4) is 11.5 Å². The smallest absolute Gasteiger partial charge is 0.275 e. The minimum absolute atomic E-state index is 0.00161. The highest BCUT2D eigenvalue weighted by atomic mass is 16.6.